The van der Waals surface area contributed by atoms with Gasteiger partial charge in [0.15, 0.2) is 0 Å². The SMILES string of the molecule is CCc1ccc(-c2ccc(F)c(C(=O)O)c2)cc1CC. The van der Waals surface area contributed by atoms with Gasteiger partial charge in [-0.2, -0.15) is 0 Å². The lowest BCUT2D eigenvalue weighted by Gasteiger charge is -2.10. The maximum atomic E-state index is 13.4. The number of carboxylic acid groups (broad SMARTS) is 1. The minimum Gasteiger partial charge on any atom is -0.478 e. The van der Waals surface area contributed by atoms with E-state index in [-0.39, 0.29) is 5.56 Å². The van der Waals surface area contributed by atoms with Crippen LogP contribution >= 0.6 is 0 Å². The molecule has 104 valence electrons. The fourth-order valence-electron chi connectivity index (χ4n) is 2.35. The van der Waals surface area contributed by atoms with Gasteiger partial charge in [-0.25, -0.2) is 9.18 Å². The van der Waals surface area contributed by atoms with Gasteiger partial charge in [0.1, 0.15) is 5.82 Å². The van der Waals surface area contributed by atoms with Gasteiger partial charge < -0.3 is 5.11 Å². The molecule has 0 aliphatic rings. The molecule has 20 heavy (non-hydrogen) atoms. The molecule has 0 aliphatic heterocycles. The van der Waals surface area contributed by atoms with E-state index in [0.29, 0.717) is 0 Å². The highest BCUT2D eigenvalue weighted by atomic mass is 19.1. The van der Waals surface area contributed by atoms with E-state index >= 15 is 0 Å². The fourth-order valence-corrected chi connectivity index (χ4v) is 2.35. The van der Waals surface area contributed by atoms with E-state index < -0.39 is 11.8 Å². The zero-order valence-electron chi connectivity index (χ0n) is 11.6. The monoisotopic (exact) mass is 272 g/mol. The van der Waals surface area contributed by atoms with Crippen LogP contribution in [0.25, 0.3) is 11.1 Å². The summed E-state index contributed by atoms with van der Waals surface area (Å²) in [6.45, 7) is 4.19. The molecule has 0 heterocycles. The van der Waals surface area contributed by atoms with Crippen molar-refractivity contribution in [1.29, 1.82) is 0 Å². The van der Waals surface area contributed by atoms with E-state index in [0.717, 1.165) is 24.0 Å². The van der Waals surface area contributed by atoms with Crippen molar-refractivity contribution < 1.29 is 14.3 Å². The second-order valence-corrected chi connectivity index (χ2v) is 4.69. The Labute approximate surface area is 117 Å². The number of aryl methyl sites for hydroxylation is 2. The topological polar surface area (TPSA) is 37.3 Å². The molecule has 3 heteroatoms. The molecule has 0 unspecified atom stereocenters. The molecule has 0 fully saturated rings. The van der Waals surface area contributed by atoms with Gasteiger partial charge in [0.2, 0.25) is 0 Å². The lowest BCUT2D eigenvalue weighted by Crippen LogP contribution is -2.00. The van der Waals surface area contributed by atoms with Crippen molar-refractivity contribution in [3.8, 4) is 11.1 Å². The number of hydrogen-bond donors (Lipinski definition) is 1. The lowest BCUT2D eigenvalue weighted by molar-refractivity contribution is 0.0692. The summed E-state index contributed by atoms with van der Waals surface area (Å²) in [5, 5.41) is 8.98. The van der Waals surface area contributed by atoms with Crippen molar-refractivity contribution in [3.05, 3.63) is 58.9 Å². The largest absolute Gasteiger partial charge is 0.478 e. The Hall–Kier alpha value is -2.16. The Morgan fingerprint density at radius 3 is 2.20 bits per heavy atom. The Morgan fingerprint density at radius 2 is 1.60 bits per heavy atom. The summed E-state index contributed by atoms with van der Waals surface area (Å²) in [6, 6.07) is 10.3. The normalized spacial score (nSPS) is 10.6. The Balaban J connectivity index is 2.51. The molecule has 0 saturated heterocycles. The third-order valence-electron chi connectivity index (χ3n) is 3.50. The van der Waals surface area contributed by atoms with Gasteiger partial charge in [-0.15, -0.1) is 0 Å². The summed E-state index contributed by atoms with van der Waals surface area (Å²) in [6.07, 6.45) is 1.89. The average molecular weight is 272 g/mol. The second-order valence-electron chi connectivity index (χ2n) is 4.69. The van der Waals surface area contributed by atoms with E-state index in [1.807, 2.05) is 6.07 Å². The van der Waals surface area contributed by atoms with Gasteiger partial charge in [0.25, 0.3) is 0 Å². The molecule has 0 spiro atoms. The van der Waals surface area contributed by atoms with E-state index in [9.17, 15) is 9.18 Å². The number of benzene rings is 2. The van der Waals surface area contributed by atoms with Crippen LogP contribution in [0.5, 0.6) is 0 Å². The molecule has 0 aromatic heterocycles. The highest BCUT2D eigenvalue weighted by Gasteiger charge is 2.12. The zero-order valence-corrected chi connectivity index (χ0v) is 11.6. The van der Waals surface area contributed by atoms with Crippen LogP contribution in [0, 0.1) is 5.82 Å². The molecule has 2 aromatic rings. The third-order valence-corrected chi connectivity index (χ3v) is 3.50. The number of rotatable bonds is 4. The Morgan fingerprint density at radius 1 is 1.00 bits per heavy atom. The number of hydrogen-bond acceptors (Lipinski definition) is 1. The molecule has 2 aromatic carbocycles. The molecular weight excluding hydrogens is 255 g/mol. The summed E-state index contributed by atoms with van der Waals surface area (Å²) < 4.78 is 13.4. The first-order valence-corrected chi connectivity index (χ1v) is 6.71. The number of carbonyl (C=O) groups is 1. The predicted octanol–water partition coefficient (Wildman–Crippen LogP) is 4.32. The van der Waals surface area contributed by atoms with Crippen molar-refractivity contribution in [2.75, 3.05) is 0 Å². The molecule has 0 bridgehead atoms. The highest BCUT2D eigenvalue weighted by Crippen LogP contribution is 2.25. The minimum atomic E-state index is -1.25. The van der Waals surface area contributed by atoms with Crippen LogP contribution in [-0.2, 0) is 12.8 Å². The molecule has 2 nitrogen and oxygen atoms in total. The molecule has 0 atom stereocenters. The summed E-state index contributed by atoms with van der Waals surface area (Å²) in [7, 11) is 0. The van der Waals surface area contributed by atoms with Crippen molar-refractivity contribution in [3.63, 3.8) is 0 Å². The van der Waals surface area contributed by atoms with Crippen molar-refractivity contribution >= 4 is 5.97 Å². The number of carboxylic acids is 1. The molecule has 2 rings (SSSR count). The maximum absolute atomic E-state index is 13.4. The summed E-state index contributed by atoms with van der Waals surface area (Å²) in [5.74, 6) is -1.95. The van der Waals surface area contributed by atoms with Crippen LogP contribution in [0.1, 0.15) is 35.3 Å². The van der Waals surface area contributed by atoms with Gasteiger partial charge >= 0.3 is 5.97 Å². The Kier molecular flexibility index (Phi) is 4.18. The van der Waals surface area contributed by atoms with E-state index in [4.69, 9.17) is 5.11 Å². The smallest absolute Gasteiger partial charge is 0.338 e. The molecule has 0 saturated carbocycles. The standard InChI is InChI=1S/C17H17FO2/c1-3-11-5-6-13(9-12(11)4-2)14-7-8-16(18)15(10-14)17(19)20/h5-10H,3-4H2,1-2H3,(H,19,20). The van der Waals surface area contributed by atoms with Crippen LogP contribution in [-0.4, -0.2) is 11.1 Å². The van der Waals surface area contributed by atoms with Gasteiger partial charge in [-0.3, -0.25) is 0 Å². The number of halogens is 1. The van der Waals surface area contributed by atoms with Crippen LogP contribution in [0.2, 0.25) is 0 Å². The van der Waals surface area contributed by atoms with Crippen LogP contribution in [0.4, 0.5) is 4.39 Å². The second kappa shape index (κ2) is 5.87. The number of aromatic carboxylic acids is 1. The van der Waals surface area contributed by atoms with Crippen LogP contribution in [0.15, 0.2) is 36.4 Å². The first kappa shape index (κ1) is 14.3. The molecule has 0 aliphatic carbocycles. The van der Waals surface area contributed by atoms with Gasteiger partial charge in [-0.05, 0) is 47.2 Å². The first-order valence-electron chi connectivity index (χ1n) is 6.71. The summed E-state index contributed by atoms with van der Waals surface area (Å²) in [4.78, 5) is 11.0. The van der Waals surface area contributed by atoms with Gasteiger partial charge in [0, 0.05) is 0 Å². The van der Waals surface area contributed by atoms with E-state index in [1.54, 1.807) is 6.07 Å². The quantitative estimate of drug-likeness (QED) is 0.900. The van der Waals surface area contributed by atoms with Crippen LogP contribution in [0.3, 0.4) is 0 Å². The zero-order chi connectivity index (χ0) is 14.7. The van der Waals surface area contributed by atoms with Gasteiger partial charge in [-0.1, -0.05) is 38.1 Å². The maximum Gasteiger partial charge on any atom is 0.338 e. The third kappa shape index (κ3) is 2.72. The minimum absolute atomic E-state index is 0.292. The molecular formula is C17H17FO2. The van der Waals surface area contributed by atoms with Crippen molar-refractivity contribution in [2.24, 2.45) is 0 Å². The molecule has 0 amide bonds. The highest BCUT2D eigenvalue weighted by molar-refractivity contribution is 5.89. The first-order chi connectivity index (χ1) is 9.56. The summed E-state index contributed by atoms with van der Waals surface area (Å²) >= 11 is 0. The lowest BCUT2D eigenvalue weighted by atomic mass is 9.95. The summed E-state index contributed by atoms with van der Waals surface area (Å²) in [5.41, 5.74) is 3.88. The van der Waals surface area contributed by atoms with Crippen molar-refractivity contribution in [2.45, 2.75) is 26.7 Å². The van der Waals surface area contributed by atoms with E-state index in [1.165, 1.54) is 23.3 Å². The molecule has 0 radical (unpaired) electrons. The average Bonchev–Trinajstić information content (AvgIpc) is 2.46. The van der Waals surface area contributed by atoms with Crippen LogP contribution < -0.4 is 0 Å². The van der Waals surface area contributed by atoms with Crippen molar-refractivity contribution in [1.82, 2.24) is 0 Å². The Bertz CT molecular complexity index is 647. The fraction of sp³-hybridized carbons (Fsp3) is 0.235. The van der Waals surface area contributed by atoms with E-state index in [2.05, 4.69) is 26.0 Å². The van der Waals surface area contributed by atoms with Gasteiger partial charge in [0.05, 0.1) is 5.56 Å². The molecule has 1 N–H and O–H groups in total. The predicted molar refractivity (Wildman–Crippen MR) is 77.6 cm³/mol.